The van der Waals surface area contributed by atoms with E-state index >= 15 is 0 Å². The topological polar surface area (TPSA) is 74.1 Å². The fourth-order valence-corrected chi connectivity index (χ4v) is 3.59. The molecule has 0 aliphatic carbocycles. The monoisotopic (exact) mass is 421 g/mol. The Morgan fingerprint density at radius 1 is 0.968 bits per heavy atom. The van der Waals surface area contributed by atoms with Crippen molar-refractivity contribution in [1.29, 1.82) is 5.26 Å². The quantitative estimate of drug-likeness (QED) is 0.558. The minimum absolute atomic E-state index is 0.00847. The van der Waals surface area contributed by atoms with Crippen LogP contribution in [0.4, 0.5) is 13.2 Å². The van der Waals surface area contributed by atoms with E-state index < -0.39 is 29.7 Å². The Kier molecular flexibility index (Phi) is 4.82. The first-order chi connectivity index (χ1) is 14.7. The van der Waals surface area contributed by atoms with Crippen molar-refractivity contribution in [1.82, 2.24) is 9.88 Å². The van der Waals surface area contributed by atoms with Gasteiger partial charge in [-0.2, -0.15) is 18.4 Å². The van der Waals surface area contributed by atoms with Gasteiger partial charge in [0.15, 0.2) is 0 Å². The minimum atomic E-state index is -4.64. The van der Waals surface area contributed by atoms with E-state index in [1.165, 1.54) is 0 Å². The van der Waals surface area contributed by atoms with Gasteiger partial charge in [0, 0.05) is 11.8 Å². The van der Waals surface area contributed by atoms with Crippen LogP contribution in [0.3, 0.4) is 0 Å². The van der Waals surface area contributed by atoms with Crippen LogP contribution in [-0.4, -0.2) is 21.7 Å². The number of halogens is 3. The minimum Gasteiger partial charge on any atom is -0.269 e. The second kappa shape index (κ2) is 7.36. The number of rotatable bonds is 3. The number of fused-ring (bicyclic) bond motifs is 1. The Morgan fingerprint density at radius 2 is 1.55 bits per heavy atom. The standard InChI is InChI=1S/C23H14F3N3O2/c1-13(29-21(30)17-4-2-3-5-18(17)22(29)31)14-6-8-15(9-7-14)19-10-20(23(24,25)26)28-12-16(19)11-27/h2-10,12-13H,1H3/t13-/m1/s1. The van der Waals surface area contributed by atoms with Crippen LogP contribution < -0.4 is 0 Å². The highest BCUT2D eigenvalue weighted by Gasteiger charge is 2.38. The van der Waals surface area contributed by atoms with E-state index in [0.29, 0.717) is 22.3 Å². The molecule has 1 atom stereocenters. The molecule has 3 aromatic rings. The largest absolute Gasteiger partial charge is 0.433 e. The summed E-state index contributed by atoms with van der Waals surface area (Å²) in [6.45, 7) is 1.70. The van der Waals surface area contributed by atoms with Crippen molar-refractivity contribution in [2.75, 3.05) is 0 Å². The number of carbonyl (C=O) groups is 2. The molecule has 4 rings (SSSR count). The van der Waals surface area contributed by atoms with Crippen LogP contribution in [0.5, 0.6) is 0 Å². The summed E-state index contributed by atoms with van der Waals surface area (Å²) in [5.41, 5.74) is 0.714. The molecule has 1 aliphatic heterocycles. The number of imide groups is 1. The van der Waals surface area contributed by atoms with Gasteiger partial charge in [-0.25, -0.2) is 0 Å². The molecule has 2 aromatic carbocycles. The Hall–Kier alpha value is -3.99. The normalized spacial score (nSPS) is 14.4. The molecule has 0 unspecified atom stereocenters. The third kappa shape index (κ3) is 3.44. The van der Waals surface area contributed by atoms with Crippen molar-refractivity contribution in [3.05, 3.63) is 88.7 Å². The number of hydrogen-bond acceptors (Lipinski definition) is 4. The Balaban J connectivity index is 1.66. The molecule has 1 aromatic heterocycles. The summed E-state index contributed by atoms with van der Waals surface area (Å²) < 4.78 is 39.1. The maximum Gasteiger partial charge on any atom is 0.433 e. The lowest BCUT2D eigenvalue weighted by Gasteiger charge is -2.23. The van der Waals surface area contributed by atoms with Gasteiger partial charge < -0.3 is 0 Å². The zero-order valence-electron chi connectivity index (χ0n) is 16.1. The molecule has 2 amide bonds. The van der Waals surface area contributed by atoms with Crippen LogP contribution >= 0.6 is 0 Å². The average Bonchev–Trinajstić information content (AvgIpc) is 3.02. The van der Waals surface area contributed by atoms with Gasteiger partial charge in [0.05, 0.1) is 22.7 Å². The van der Waals surface area contributed by atoms with E-state index in [9.17, 15) is 28.0 Å². The lowest BCUT2D eigenvalue weighted by Crippen LogP contribution is -2.32. The van der Waals surface area contributed by atoms with Crippen LogP contribution in [-0.2, 0) is 6.18 Å². The number of amides is 2. The van der Waals surface area contributed by atoms with Crippen LogP contribution in [0.1, 0.15) is 50.5 Å². The number of hydrogen-bond donors (Lipinski definition) is 0. The second-order valence-corrected chi connectivity index (χ2v) is 7.05. The SMILES string of the molecule is C[C@H](c1ccc(-c2cc(C(F)(F)F)ncc2C#N)cc1)N1C(=O)c2ccccc2C1=O. The molecule has 0 N–H and O–H groups in total. The van der Waals surface area contributed by atoms with Crippen molar-refractivity contribution in [2.24, 2.45) is 0 Å². The first-order valence-electron chi connectivity index (χ1n) is 9.27. The Morgan fingerprint density at radius 3 is 2.06 bits per heavy atom. The van der Waals surface area contributed by atoms with Crippen LogP contribution in [0.25, 0.3) is 11.1 Å². The number of nitrogens with zero attached hydrogens (tertiary/aromatic N) is 3. The van der Waals surface area contributed by atoms with E-state index in [2.05, 4.69) is 4.98 Å². The predicted octanol–water partition coefficient (Wildman–Crippen LogP) is 5.00. The molecule has 0 saturated carbocycles. The van der Waals surface area contributed by atoms with Gasteiger partial charge in [-0.3, -0.25) is 19.5 Å². The van der Waals surface area contributed by atoms with Gasteiger partial charge in [0.1, 0.15) is 11.8 Å². The summed E-state index contributed by atoms with van der Waals surface area (Å²) in [6.07, 6.45) is -3.74. The number of pyridine rings is 1. The summed E-state index contributed by atoms with van der Waals surface area (Å²) in [7, 11) is 0. The predicted molar refractivity (Wildman–Crippen MR) is 105 cm³/mol. The summed E-state index contributed by atoms with van der Waals surface area (Å²) >= 11 is 0. The molecule has 0 radical (unpaired) electrons. The fraction of sp³-hybridized carbons (Fsp3) is 0.130. The maximum atomic E-state index is 13.0. The molecule has 1 aliphatic rings. The zero-order valence-corrected chi connectivity index (χ0v) is 16.1. The first-order valence-corrected chi connectivity index (χ1v) is 9.27. The summed E-state index contributed by atoms with van der Waals surface area (Å²) in [5.74, 6) is -0.791. The lowest BCUT2D eigenvalue weighted by atomic mass is 9.98. The molecule has 0 bridgehead atoms. The van der Waals surface area contributed by atoms with Gasteiger partial charge in [-0.05, 0) is 36.2 Å². The molecule has 31 heavy (non-hydrogen) atoms. The summed E-state index contributed by atoms with van der Waals surface area (Å²) in [6, 6.07) is 15.0. The van der Waals surface area contributed by atoms with Gasteiger partial charge in [-0.15, -0.1) is 0 Å². The number of alkyl halides is 3. The summed E-state index contributed by atoms with van der Waals surface area (Å²) in [5, 5.41) is 9.25. The van der Waals surface area contributed by atoms with E-state index in [4.69, 9.17) is 0 Å². The highest BCUT2D eigenvalue weighted by atomic mass is 19.4. The molecule has 0 fully saturated rings. The Bertz CT molecular complexity index is 1210. The van der Waals surface area contributed by atoms with Gasteiger partial charge in [0.25, 0.3) is 11.8 Å². The highest BCUT2D eigenvalue weighted by molar-refractivity contribution is 6.21. The van der Waals surface area contributed by atoms with Crippen LogP contribution in [0.2, 0.25) is 0 Å². The molecular formula is C23H14F3N3O2. The van der Waals surface area contributed by atoms with Crippen molar-refractivity contribution in [3.63, 3.8) is 0 Å². The third-order valence-corrected chi connectivity index (χ3v) is 5.23. The summed E-state index contributed by atoms with van der Waals surface area (Å²) in [4.78, 5) is 29.8. The molecule has 2 heterocycles. The van der Waals surface area contributed by atoms with E-state index in [-0.39, 0.29) is 11.1 Å². The number of nitriles is 1. The van der Waals surface area contributed by atoms with Crippen LogP contribution in [0.15, 0.2) is 60.8 Å². The van der Waals surface area contributed by atoms with Gasteiger partial charge in [-0.1, -0.05) is 36.4 Å². The van der Waals surface area contributed by atoms with Crippen molar-refractivity contribution in [2.45, 2.75) is 19.1 Å². The third-order valence-electron chi connectivity index (χ3n) is 5.23. The molecule has 0 saturated heterocycles. The fourth-order valence-electron chi connectivity index (χ4n) is 3.59. The number of aromatic nitrogens is 1. The second-order valence-electron chi connectivity index (χ2n) is 7.05. The van der Waals surface area contributed by atoms with Crippen LogP contribution in [0, 0.1) is 11.3 Å². The van der Waals surface area contributed by atoms with E-state index in [1.54, 1.807) is 55.5 Å². The van der Waals surface area contributed by atoms with Crippen molar-refractivity contribution < 1.29 is 22.8 Å². The maximum absolute atomic E-state index is 13.0. The smallest absolute Gasteiger partial charge is 0.269 e. The van der Waals surface area contributed by atoms with Gasteiger partial charge in [0.2, 0.25) is 0 Å². The van der Waals surface area contributed by atoms with Crippen molar-refractivity contribution in [3.8, 4) is 17.2 Å². The first kappa shape index (κ1) is 20.3. The highest BCUT2D eigenvalue weighted by Crippen LogP contribution is 2.34. The van der Waals surface area contributed by atoms with Gasteiger partial charge >= 0.3 is 6.18 Å². The van der Waals surface area contributed by atoms with E-state index in [1.807, 2.05) is 6.07 Å². The Labute approximate surface area is 175 Å². The molecule has 8 heteroatoms. The molecule has 5 nitrogen and oxygen atoms in total. The average molecular weight is 421 g/mol. The molecule has 0 spiro atoms. The van der Waals surface area contributed by atoms with E-state index in [0.717, 1.165) is 17.2 Å². The number of carbonyl (C=O) groups excluding carboxylic acids is 2. The van der Waals surface area contributed by atoms with Crippen molar-refractivity contribution >= 4 is 11.8 Å². The molecule has 154 valence electrons. The number of benzene rings is 2. The molecular weight excluding hydrogens is 407 g/mol. The lowest BCUT2D eigenvalue weighted by molar-refractivity contribution is -0.141. The zero-order chi connectivity index (χ0) is 22.3.